The van der Waals surface area contributed by atoms with Crippen LogP contribution in [0.2, 0.25) is 0 Å². The lowest BCUT2D eigenvalue weighted by molar-refractivity contribution is 0.122. The molecule has 8 heteroatoms. The number of hydrogen-bond acceptors (Lipinski definition) is 6. The smallest absolute Gasteiger partial charge is 0.250 e. The molecule has 200 valence electrons. The molecule has 3 aromatic heterocycles. The van der Waals surface area contributed by atoms with Gasteiger partial charge in [-0.15, -0.1) is 0 Å². The lowest BCUT2D eigenvalue weighted by Crippen LogP contribution is -2.36. The zero-order valence-electron chi connectivity index (χ0n) is 22.0. The van der Waals surface area contributed by atoms with Crippen molar-refractivity contribution in [3.05, 3.63) is 119 Å². The average molecular weight is 532 g/mol. The molecule has 2 aromatic carbocycles. The Morgan fingerprint density at radius 1 is 0.900 bits per heavy atom. The standard InChI is InChI=1S/C32H29N5O3/c38-31-18-26(37-10-12-39-13-11-37)17-29(35-31)28-5-3-4-23-15-24-16-25(6-7-30(24)40-32(23)28)34-20-22-14-27(21-33-19-22)36-8-1-2-9-36/h1-9,14,16-19,21,34H,10-13,15,20H2,(H,35,38). The summed E-state index contributed by atoms with van der Waals surface area (Å²) in [6.07, 6.45) is 8.52. The predicted octanol–water partition coefficient (Wildman–Crippen LogP) is 5.37. The first-order chi connectivity index (χ1) is 19.7. The summed E-state index contributed by atoms with van der Waals surface area (Å²) >= 11 is 0. The van der Waals surface area contributed by atoms with E-state index in [1.807, 2.05) is 71.8 Å². The maximum Gasteiger partial charge on any atom is 0.250 e. The van der Waals surface area contributed by atoms with Gasteiger partial charge in [-0.05, 0) is 59.7 Å². The lowest BCUT2D eigenvalue weighted by Gasteiger charge is -2.29. The summed E-state index contributed by atoms with van der Waals surface area (Å²) in [5, 5.41) is 3.53. The maximum absolute atomic E-state index is 12.6. The number of hydrogen-bond donors (Lipinski definition) is 2. The second-order valence-corrected chi connectivity index (χ2v) is 10.1. The Morgan fingerprint density at radius 2 is 1.77 bits per heavy atom. The van der Waals surface area contributed by atoms with Crippen LogP contribution in [0, 0.1) is 0 Å². The molecule has 2 aliphatic rings. The normalized spacial score (nSPS) is 14.2. The van der Waals surface area contributed by atoms with E-state index in [0.29, 0.717) is 19.8 Å². The number of anilines is 2. The van der Waals surface area contributed by atoms with Crippen LogP contribution in [0.25, 0.3) is 16.9 Å². The van der Waals surface area contributed by atoms with Crippen LogP contribution in [0.1, 0.15) is 16.7 Å². The number of rotatable bonds is 6. The van der Waals surface area contributed by atoms with Crippen LogP contribution < -0.4 is 20.5 Å². The van der Waals surface area contributed by atoms with Gasteiger partial charge >= 0.3 is 0 Å². The Hall–Kier alpha value is -4.82. The fourth-order valence-corrected chi connectivity index (χ4v) is 5.40. The molecule has 5 heterocycles. The number of nitrogens with one attached hydrogen (secondary N) is 2. The average Bonchev–Trinajstić information content (AvgIpc) is 3.54. The van der Waals surface area contributed by atoms with Gasteiger partial charge in [-0.1, -0.05) is 12.1 Å². The Morgan fingerprint density at radius 3 is 2.65 bits per heavy atom. The number of aromatic amines is 1. The van der Waals surface area contributed by atoms with Crippen LogP contribution in [0.3, 0.4) is 0 Å². The Kier molecular flexibility index (Phi) is 6.30. The molecule has 0 bridgehead atoms. The highest BCUT2D eigenvalue weighted by atomic mass is 16.5. The minimum absolute atomic E-state index is 0.127. The van der Waals surface area contributed by atoms with Crippen LogP contribution >= 0.6 is 0 Å². The van der Waals surface area contributed by atoms with Gasteiger partial charge in [0, 0.05) is 73.2 Å². The molecule has 0 spiro atoms. The van der Waals surface area contributed by atoms with Gasteiger partial charge in [-0.3, -0.25) is 9.78 Å². The molecule has 0 amide bonds. The number of benzene rings is 2. The van der Waals surface area contributed by atoms with Gasteiger partial charge in [0.05, 0.1) is 30.8 Å². The summed E-state index contributed by atoms with van der Waals surface area (Å²) in [5.41, 5.74) is 7.77. The largest absolute Gasteiger partial charge is 0.456 e. The minimum Gasteiger partial charge on any atom is -0.456 e. The van der Waals surface area contributed by atoms with E-state index in [1.165, 1.54) is 0 Å². The highest BCUT2D eigenvalue weighted by Crippen LogP contribution is 2.43. The number of aromatic nitrogens is 3. The SMILES string of the molecule is O=c1cc(N2CCOCC2)cc(-c2cccc3c2Oc2ccc(NCc4cncc(-n5cccc5)c4)cc2C3)[nH]1. The quantitative estimate of drug-likeness (QED) is 0.301. The van der Waals surface area contributed by atoms with Crippen molar-refractivity contribution in [1.29, 1.82) is 0 Å². The molecule has 0 radical (unpaired) electrons. The topological polar surface area (TPSA) is 84.4 Å². The van der Waals surface area contributed by atoms with Crippen molar-refractivity contribution in [2.24, 2.45) is 0 Å². The van der Waals surface area contributed by atoms with Crippen LogP contribution in [0.4, 0.5) is 11.4 Å². The van der Waals surface area contributed by atoms with E-state index >= 15 is 0 Å². The zero-order valence-corrected chi connectivity index (χ0v) is 22.0. The van der Waals surface area contributed by atoms with E-state index in [4.69, 9.17) is 9.47 Å². The summed E-state index contributed by atoms with van der Waals surface area (Å²) in [7, 11) is 0. The van der Waals surface area contributed by atoms with E-state index in [1.54, 1.807) is 6.07 Å². The molecular weight excluding hydrogens is 502 g/mol. The second-order valence-electron chi connectivity index (χ2n) is 10.1. The first-order valence-electron chi connectivity index (χ1n) is 13.5. The zero-order chi connectivity index (χ0) is 26.9. The fraction of sp³-hybridized carbons (Fsp3) is 0.188. The first kappa shape index (κ1) is 24.2. The molecule has 40 heavy (non-hydrogen) atoms. The number of morpholine rings is 1. The third kappa shape index (κ3) is 4.85. The fourth-order valence-electron chi connectivity index (χ4n) is 5.40. The van der Waals surface area contributed by atoms with Crippen molar-refractivity contribution in [1.82, 2.24) is 14.5 Å². The molecular formula is C32H29N5O3. The maximum atomic E-state index is 12.6. The molecule has 2 aliphatic heterocycles. The monoisotopic (exact) mass is 531 g/mol. The molecule has 1 saturated heterocycles. The minimum atomic E-state index is -0.127. The van der Waals surface area contributed by atoms with Crippen molar-refractivity contribution in [2.45, 2.75) is 13.0 Å². The number of para-hydroxylation sites is 1. The number of fused-ring (bicyclic) bond motifs is 2. The molecule has 8 nitrogen and oxygen atoms in total. The van der Waals surface area contributed by atoms with E-state index in [-0.39, 0.29) is 5.56 Å². The summed E-state index contributed by atoms with van der Waals surface area (Å²) < 4.78 is 14.0. The molecule has 0 atom stereocenters. The predicted molar refractivity (Wildman–Crippen MR) is 156 cm³/mol. The number of H-pyrrole nitrogens is 1. The van der Waals surface area contributed by atoms with Crippen LogP contribution in [0.5, 0.6) is 11.5 Å². The number of ether oxygens (including phenoxy) is 2. The molecule has 7 rings (SSSR count). The van der Waals surface area contributed by atoms with Gasteiger partial charge in [0.25, 0.3) is 0 Å². The van der Waals surface area contributed by atoms with E-state index in [2.05, 4.69) is 38.4 Å². The van der Waals surface area contributed by atoms with Crippen molar-refractivity contribution in [3.8, 4) is 28.4 Å². The van der Waals surface area contributed by atoms with Crippen LogP contribution in [0.15, 0.2) is 96.3 Å². The molecule has 2 N–H and O–H groups in total. The molecule has 1 fully saturated rings. The molecule has 0 saturated carbocycles. The van der Waals surface area contributed by atoms with Gasteiger partial charge in [0.15, 0.2) is 0 Å². The first-order valence-corrected chi connectivity index (χ1v) is 13.5. The van der Waals surface area contributed by atoms with Gasteiger partial charge in [0.1, 0.15) is 11.5 Å². The van der Waals surface area contributed by atoms with Crippen molar-refractivity contribution >= 4 is 11.4 Å². The Labute approximate surface area is 231 Å². The molecule has 0 aliphatic carbocycles. The summed E-state index contributed by atoms with van der Waals surface area (Å²) in [4.78, 5) is 22.2. The summed E-state index contributed by atoms with van der Waals surface area (Å²) in [5.74, 6) is 1.62. The van der Waals surface area contributed by atoms with Crippen molar-refractivity contribution < 1.29 is 9.47 Å². The van der Waals surface area contributed by atoms with E-state index < -0.39 is 0 Å². The van der Waals surface area contributed by atoms with Crippen LogP contribution in [-0.2, 0) is 17.7 Å². The highest BCUT2D eigenvalue weighted by molar-refractivity contribution is 5.74. The van der Waals surface area contributed by atoms with Crippen molar-refractivity contribution in [2.75, 3.05) is 36.5 Å². The lowest BCUT2D eigenvalue weighted by atomic mass is 9.96. The Bertz CT molecular complexity index is 1720. The van der Waals surface area contributed by atoms with Crippen molar-refractivity contribution in [3.63, 3.8) is 0 Å². The third-order valence-corrected chi connectivity index (χ3v) is 7.43. The van der Waals surface area contributed by atoms with Gasteiger partial charge in [-0.2, -0.15) is 0 Å². The Balaban J connectivity index is 1.11. The van der Waals surface area contributed by atoms with Crippen LogP contribution in [-0.4, -0.2) is 40.8 Å². The summed E-state index contributed by atoms with van der Waals surface area (Å²) in [6, 6.07) is 22.1. The van der Waals surface area contributed by atoms with Gasteiger partial charge < -0.3 is 29.2 Å². The second kappa shape index (κ2) is 10.4. The van der Waals surface area contributed by atoms with Gasteiger partial charge in [0.2, 0.25) is 5.56 Å². The number of nitrogens with zero attached hydrogens (tertiary/aromatic N) is 3. The number of pyridine rings is 2. The summed E-state index contributed by atoms with van der Waals surface area (Å²) in [6.45, 7) is 3.53. The molecule has 5 aromatic rings. The molecule has 0 unspecified atom stereocenters. The van der Waals surface area contributed by atoms with E-state index in [9.17, 15) is 4.79 Å². The third-order valence-electron chi connectivity index (χ3n) is 7.43. The van der Waals surface area contributed by atoms with E-state index in [0.717, 1.165) is 76.0 Å². The highest BCUT2D eigenvalue weighted by Gasteiger charge is 2.22. The van der Waals surface area contributed by atoms with Gasteiger partial charge in [-0.25, -0.2) is 0 Å².